The fourth-order valence-electron chi connectivity index (χ4n) is 2.28. The average Bonchev–Trinajstić information content (AvgIpc) is 2.94. The second kappa shape index (κ2) is 6.21. The largest absolute Gasteiger partial charge is 0.416 e. The van der Waals surface area contributed by atoms with Gasteiger partial charge in [-0.05, 0) is 30.2 Å². The standard InChI is InChI=1S/C15H15F3N2O2/c16-15(17,18)12-3-1-2-10(8-12)4-5-13(21)20-7-6-11(9-20)14(19)22/h1-5,8,11H,6-7,9H2,(H2,19,22). The normalized spacial score (nSPS) is 18.9. The summed E-state index contributed by atoms with van der Waals surface area (Å²) < 4.78 is 37.8. The highest BCUT2D eigenvalue weighted by molar-refractivity contribution is 5.92. The van der Waals surface area contributed by atoms with Crippen molar-refractivity contribution in [3.8, 4) is 0 Å². The van der Waals surface area contributed by atoms with Crippen LogP contribution in [-0.2, 0) is 15.8 Å². The van der Waals surface area contributed by atoms with Crippen molar-refractivity contribution < 1.29 is 22.8 Å². The fourth-order valence-corrected chi connectivity index (χ4v) is 2.28. The topological polar surface area (TPSA) is 63.4 Å². The van der Waals surface area contributed by atoms with Crippen LogP contribution < -0.4 is 5.73 Å². The zero-order valence-corrected chi connectivity index (χ0v) is 11.6. The summed E-state index contributed by atoms with van der Waals surface area (Å²) in [6, 6.07) is 4.71. The summed E-state index contributed by atoms with van der Waals surface area (Å²) in [7, 11) is 0. The third-order valence-electron chi connectivity index (χ3n) is 3.53. The maximum absolute atomic E-state index is 12.6. The molecule has 0 aliphatic carbocycles. The second-order valence-corrected chi connectivity index (χ2v) is 5.13. The Morgan fingerprint density at radius 1 is 1.32 bits per heavy atom. The van der Waals surface area contributed by atoms with Crippen LogP contribution in [-0.4, -0.2) is 29.8 Å². The summed E-state index contributed by atoms with van der Waals surface area (Å²) in [4.78, 5) is 24.4. The molecule has 1 atom stereocenters. The van der Waals surface area contributed by atoms with Gasteiger partial charge in [0.1, 0.15) is 0 Å². The summed E-state index contributed by atoms with van der Waals surface area (Å²) in [6.07, 6.45) is -1.37. The molecular formula is C15H15F3N2O2. The molecule has 1 aliphatic rings. The molecule has 0 radical (unpaired) electrons. The van der Waals surface area contributed by atoms with E-state index in [1.54, 1.807) is 0 Å². The van der Waals surface area contributed by atoms with E-state index < -0.39 is 17.6 Å². The number of likely N-dealkylation sites (tertiary alicyclic amines) is 1. The zero-order chi connectivity index (χ0) is 16.3. The van der Waals surface area contributed by atoms with Crippen LogP contribution in [0.5, 0.6) is 0 Å². The van der Waals surface area contributed by atoms with Crippen LogP contribution in [0.2, 0.25) is 0 Å². The monoisotopic (exact) mass is 312 g/mol. The predicted molar refractivity (Wildman–Crippen MR) is 74.4 cm³/mol. The van der Waals surface area contributed by atoms with Crippen LogP contribution in [0.1, 0.15) is 17.5 Å². The van der Waals surface area contributed by atoms with Crippen molar-refractivity contribution in [3.05, 3.63) is 41.5 Å². The van der Waals surface area contributed by atoms with Gasteiger partial charge in [0.05, 0.1) is 11.5 Å². The lowest BCUT2D eigenvalue weighted by molar-refractivity contribution is -0.137. The molecule has 1 heterocycles. The molecule has 0 saturated carbocycles. The minimum atomic E-state index is -4.42. The molecule has 2 N–H and O–H groups in total. The summed E-state index contributed by atoms with van der Waals surface area (Å²) >= 11 is 0. The Kier molecular flexibility index (Phi) is 4.54. The quantitative estimate of drug-likeness (QED) is 0.868. The molecule has 22 heavy (non-hydrogen) atoms. The average molecular weight is 312 g/mol. The maximum Gasteiger partial charge on any atom is 0.416 e. The van der Waals surface area contributed by atoms with Crippen molar-refractivity contribution in [1.82, 2.24) is 4.90 Å². The number of amides is 2. The minimum absolute atomic E-state index is 0.251. The SMILES string of the molecule is NC(=O)C1CCN(C(=O)C=Cc2cccc(C(F)(F)F)c2)C1. The van der Waals surface area contributed by atoms with E-state index in [1.165, 1.54) is 29.2 Å². The van der Waals surface area contributed by atoms with Gasteiger partial charge in [-0.2, -0.15) is 13.2 Å². The Bertz CT molecular complexity index is 611. The number of nitrogens with zero attached hydrogens (tertiary/aromatic N) is 1. The molecule has 1 aromatic carbocycles. The van der Waals surface area contributed by atoms with Crippen LogP contribution in [0.15, 0.2) is 30.3 Å². The molecule has 0 spiro atoms. The summed E-state index contributed by atoms with van der Waals surface area (Å²) in [6.45, 7) is 0.667. The van der Waals surface area contributed by atoms with E-state index in [1.807, 2.05) is 0 Å². The highest BCUT2D eigenvalue weighted by Gasteiger charge is 2.30. The lowest BCUT2D eigenvalue weighted by atomic mass is 10.1. The summed E-state index contributed by atoms with van der Waals surface area (Å²) in [5.41, 5.74) is 4.70. The molecule has 2 rings (SSSR count). The van der Waals surface area contributed by atoms with Crippen molar-refractivity contribution >= 4 is 17.9 Å². The van der Waals surface area contributed by atoms with E-state index >= 15 is 0 Å². The lowest BCUT2D eigenvalue weighted by Crippen LogP contribution is -2.30. The molecule has 1 saturated heterocycles. The van der Waals surface area contributed by atoms with E-state index in [0.717, 1.165) is 12.1 Å². The highest BCUT2D eigenvalue weighted by Crippen LogP contribution is 2.29. The van der Waals surface area contributed by atoms with Gasteiger partial charge in [0.2, 0.25) is 11.8 Å². The first-order valence-corrected chi connectivity index (χ1v) is 6.71. The Labute approximate surface area is 125 Å². The first-order valence-electron chi connectivity index (χ1n) is 6.71. The number of rotatable bonds is 3. The van der Waals surface area contributed by atoms with Gasteiger partial charge in [-0.1, -0.05) is 12.1 Å². The van der Waals surface area contributed by atoms with Crippen molar-refractivity contribution in [3.63, 3.8) is 0 Å². The Morgan fingerprint density at radius 3 is 2.64 bits per heavy atom. The predicted octanol–water partition coefficient (Wildman–Crippen LogP) is 2.05. The number of halogens is 3. The number of hydrogen-bond acceptors (Lipinski definition) is 2. The third kappa shape index (κ3) is 3.87. The van der Waals surface area contributed by atoms with Crippen LogP contribution in [0.4, 0.5) is 13.2 Å². The van der Waals surface area contributed by atoms with Gasteiger partial charge in [0, 0.05) is 19.2 Å². The van der Waals surface area contributed by atoms with Crippen molar-refractivity contribution in [2.75, 3.05) is 13.1 Å². The van der Waals surface area contributed by atoms with E-state index in [2.05, 4.69) is 0 Å². The molecule has 1 aromatic rings. The van der Waals surface area contributed by atoms with E-state index in [-0.39, 0.29) is 23.9 Å². The van der Waals surface area contributed by atoms with E-state index in [0.29, 0.717) is 13.0 Å². The Morgan fingerprint density at radius 2 is 2.05 bits per heavy atom. The fraction of sp³-hybridized carbons (Fsp3) is 0.333. The molecule has 0 aromatic heterocycles. The molecular weight excluding hydrogens is 297 g/mol. The van der Waals surface area contributed by atoms with Gasteiger partial charge in [-0.15, -0.1) is 0 Å². The van der Waals surface area contributed by atoms with Gasteiger partial charge < -0.3 is 10.6 Å². The number of nitrogens with two attached hydrogens (primary N) is 1. The van der Waals surface area contributed by atoms with Crippen LogP contribution in [0.25, 0.3) is 6.08 Å². The molecule has 1 aliphatic heterocycles. The van der Waals surface area contributed by atoms with Crippen molar-refractivity contribution in [2.24, 2.45) is 11.7 Å². The number of hydrogen-bond donors (Lipinski definition) is 1. The van der Waals surface area contributed by atoms with Crippen LogP contribution in [0, 0.1) is 5.92 Å². The second-order valence-electron chi connectivity index (χ2n) is 5.13. The number of benzene rings is 1. The smallest absolute Gasteiger partial charge is 0.369 e. The first kappa shape index (κ1) is 16.1. The van der Waals surface area contributed by atoms with Crippen molar-refractivity contribution in [1.29, 1.82) is 0 Å². The zero-order valence-electron chi connectivity index (χ0n) is 11.6. The molecule has 118 valence electrons. The number of primary amides is 1. The van der Waals surface area contributed by atoms with Gasteiger partial charge in [-0.3, -0.25) is 9.59 Å². The summed E-state index contributed by atoms with van der Waals surface area (Å²) in [5, 5.41) is 0. The molecule has 4 nitrogen and oxygen atoms in total. The Hall–Kier alpha value is -2.31. The first-order chi connectivity index (χ1) is 10.3. The van der Waals surface area contributed by atoms with Crippen LogP contribution in [0.3, 0.4) is 0 Å². The van der Waals surface area contributed by atoms with Gasteiger partial charge in [0.15, 0.2) is 0 Å². The molecule has 7 heteroatoms. The Balaban J connectivity index is 2.03. The van der Waals surface area contributed by atoms with Crippen LogP contribution >= 0.6 is 0 Å². The highest BCUT2D eigenvalue weighted by atomic mass is 19.4. The lowest BCUT2D eigenvalue weighted by Gasteiger charge is -2.13. The third-order valence-corrected chi connectivity index (χ3v) is 3.53. The number of carbonyl (C=O) groups is 2. The number of carbonyl (C=O) groups excluding carboxylic acids is 2. The minimum Gasteiger partial charge on any atom is -0.369 e. The van der Waals surface area contributed by atoms with Gasteiger partial charge >= 0.3 is 6.18 Å². The van der Waals surface area contributed by atoms with Gasteiger partial charge in [-0.25, -0.2) is 0 Å². The molecule has 0 bridgehead atoms. The van der Waals surface area contributed by atoms with E-state index in [9.17, 15) is 22.8 Å². The molecule has 1 fully saturated rings. The van der Waals surface area contributed by atoms with Crippen molar-refractivity contribution in [2.45, 2.75) is 12.6 Å². The summed E-state index contributed by atoms with van der Waals surface area (Å²) in [5.74, 6) is -1.15. The van der Waals surface area contributed by atoms with Gasteiger partial charge in [0.25, 0.3) is 0 Å². The molecule has 2 amide bonds. The molecule has 1 unspecified atom stereocenters. The van der Waals surface area contributed by atoms with E-state index in [4.69, 9.17) is 5.73 Å². The maximum atomic E-state index is 12.6. The number of alkyl halides is 3.